The standard InChI is InChI=1S/C28H28N6O3S/c1-5-13-34-21-10-8-7-9-18(21)24-25(34)31-28(33-32-24)38-15-20-22(26(35)37-6-2)23(30-27(36)29-20)19-14-16(3)11-12-17(19)4/h5,7-12,14,23H,1,6,13,15H2,2-4H3,(H2,29,30,36)/t23-/m1/s1. The zero-order valence-corrected chi connectivity index (χ0v) is 22.3. The topological polar surface area (TPSA) is 111 Å². The van der Waals surface area contributed by atoms with Crippen LogP contribution in [0.4, 0.5) is 4.79 Å². The molecule has 5 rings (SSSR count). The molecule has 1 aliphatic rings. The van der Waals surface area contributed by atoms with Crippen LogP contribution in [0.2, 0.25) is 0 Å². The number of carbonyl (C=O) groups excluding carboxylic acids is 2. The van der Waals surface area contributed by atoms with Crippen molar-refractivity contribution < 1.29 is 14.3 Å². The van der Waals surface area contributed by atoms with E-state index in [-0.39, 0.29) is 18.4 Å². The van der Waals surface area contributed by atoms with Crippen molar-refractivity contribution in [2.24, 2.45) is 0 Å². The summed E-state index contributed by atoms with van der Waals surface area (Å²) in [7, 11) is 0. The van der Waals surface area contributed by atoms with Gasteiger partial charge in [-0.1, -0.05) is 59.8 Å². The second kappa shape index (κ2) is 10.7. The number of carbonyl (C=O) groups is 2. The van der Waals surface area contributed by atoms with E-state index in [2.05, 4.69) is 27.4 Å². The van der Waals surface area contributed by atoms with Crippen molar-refractivity contribution in [1.29, 1.82) is 0 Å². The Morgan fingerprint density at radius 3 is 2.82 bits per heavy atom. The van der Waals surface area contributed by atoms with Crippen molar-refractivity contribution in [2.45, 2.75) is 38.5 Å². The van der Waals surface area contributed by atoms with Gasteiger partial charge in [-0.05, 0) is 38.0 Å². The van der Waals surface area contributed by atoms with Crippen LogP contribution in [0.15, 0.2) is 71.5 Å². The average molecular weight is 529 g/mol. The Kier molecular flexibility index (Phi) is 7.15. The van der Waals surface area contributed by atoms with Crippen molar-refractivity contribution in [3.63, 3.8) is 0 Å². The minimum Gasteiger partial charge on any atom is -0.463 e. The molecule has 0 unspecified atom stereocenters. The summed E-state index contributed by atoms with van der Waals surface area (Å²) < 4.78 is 7.45. The molecule has 2 N–H and O–H groups in total. The average Bonchev–Trinajstić information content (AvgIpc) is 3.21. The summed E-state index contributed by atoms with van der Waals surface area (Å²) in [4.78, 5) is 30.6. The van der Waals surface area contributed by atoms with Crippen LogP contribution in [0, 0.1) is 13.8 Å². The molecule has 2 aromatic carbocycles. The minimum atomic E-state index is -0.644. The largest absolute Gasteiger partial charge is 0.463 e. The third-order valence-corrected chi connectivity index (χ3v) is 7.27. The summed E-state index contributed by atoms with van der Waals surface area (Å²) in [5.74, 6) is -0.236. The second-order valence-electron chi connectivity index (χ2n) is 8.98. The van der Waals surface area contributed by atoms with Crippen LogP contribution in [0.25, 0.3) is 22.1 Å². The molecule has 1 aliphatic heterocycles. The van der Waals surface area contributed by atoms with E-state index in [9.17, 15) is 9.59 Å². The minimum absolute atomic E-state index is 0.216. The molecule has 10 heteroatoms. The first-order valence-electron chi connectivity index (χ1n) is 12.3. The summed E-state index contributed by atoms with van der Waals surface area (Å²) in [6.07, 6.45) is 1.81. The molecule has 3 heterocycles. The fourth-order valence-corrected chi connectivity index (χ4v) is 5.44. The van der Waals surface area contributed by atoms with Crippen LogP contribution in [0.5, 0.6) is 0 Å². The van der Waals surface area contributed by atoms with Crippen molar-refractivity contribution in [2.75, 3.05) is 12.4 Å². The van der Waals surface area contributed by atoms with Crippen molar-refractivity contribution in [1.82, 2.24) is 30.4 Å². The van der Waals surface area contributed by atoms with Crippen LogP contribution in [-0.4, -0.2) is 44.1 Å². The third kappa shape index (κ3) is 4.74. The molecule has 2 aromatic heterocycles. The molecule has 0 radical (unpaired) electrons. The highest BCUT2D eigenvalue weighted by molar-refractivity contribution is 7.99. The van der Waals surface area contributed by atoms with Gasteiger partial charge in [0.2, 0.25) is 5.16 Å². The third-order valence-electron chi connectivity index (χ3n) is 6.41. The first-order valence-corrected chi connectivity index (χ1v) is 13.3. The number of allylic oxidation sites excluding steroid dienone is 1. The molecule has 1 atom stereocenters. The van der Waals surface area contributed by atoms with E-state index in [1.54, 1.807) is 6.92 Å². The molecule has 0 saturated carbocycles. The SMILES string of the molecule is C=CCn1c2ccccc2c2nnc(SCC3=C(C(=O)OCC)[C@@H](c4cc(C)ccc4C)NC(=O)N3)nc21. The van der Waals surface area contributed by atoms with Gasteiger partial charge < -0.3 is 19.9 Å². The monoisotopic (exact) mass is 528 g/mol. The predicted molar refractivity (Wildman–Crippen MR) is 148 cm³/mol. The highest BCUT2D eigenvalue weighted by atomic mass is 32.2. The molecule has 9 nitrogen and oxygen atoms in total. The molecule has 4 aromatic rings. The summed E-state index contributed by atoms with van der Waals surface area (Å²) >= 11 is 1.29. The van der Waals surface area contributed by atoms with Gasteiger partial charge >= 0.3 is 12.0 Å². The van der Waals surface area contributed by atoms with E-state index in [4.69, 9.17) is 9.72 Å². The Labute approximate surface area is 224 Å². The Balaban J connectivity index is 1.54. The normalized spacial score (nSPS) is 15.4. The first-order chi connectivity index (χ1) is 18.4. The lowest BCUT2D eigenvalue weighted by Gasteiger charge is -2.30. The van der Waals surface area contributed by atoms with E-state index in [0.717, 1.165) is 27.6 Å². The van der Waals surface area contributed by atoms with Crippen molar-refractivity contribution in [3.8, 4) is 0 Å². The zero-order chi connectivity index (χ0) is 26.8. The number of para-hydroxylation sites is 1. The molecular weight excluding hydrogens is 500 g/mol. The lowest BCUT2D eigenvalue weighted by Crippen LogP contribution is -2.46. The molecule has 0 fully saturated rings. The smallest absolute Gasteiger partial charge is 0.338 e. The molecule has 0 aliphatic carbocycles. The number of aryl methyl sites for hydroxylation is 2. The van der Waals surface area contributed by atoms with Crippen LogP contribution < -0.4 is 10.6 Å². The fourth-order valence-electron chi connectivity index (χ4n) is 4.69. The van der Waals surface area contributed by atoms with E-state index in [1.165, 1.54) is 11.8 Å². The van der Waals surface area contributed by atoms with Gasteiger partial charge in [0.25, 0.3) is 0 Å². The molecule has 0 spiro atoms. The van der Waals surface area contributed by atoms with Crippen LogP contribution in [0.1, 0.15) is 29.7 Å². The maximum atomic E-state index is 13.2. The van der Waals surface area contributed by atoms with Gasteiger partial charge in [0.05, 0.1) is 23.7 Å². The lowest BCUT2D eigenvalue weighted by atomic mass is 9.91. The van der Waals surface area contributed by atoms with Gasteiger partial charge in [0, 0.05) is 23.4 Å². The number of nitrogens with one attached hydrogen (secondary N) is 2. The van der Waals surface area contributed by atoms with Gasteiger partial charge in [-0.2, -0.15) is 0 Å². The maximum Gasteiger partial charge on any atom is 0.338 e. The quantitative estimate of drug-likeness (QED) is 0.193. The van der Waals surface area contributed by atoms with E-state index >= 15 is 0 Å². The molecular formula is C28H28N6O3S. The van der Waals surface area contributed by atoms with Gasteiger partial charge in [-0.3, -0.25) is 0 Å². The van der Waals surface area contributed by atoms with Gasteiger partial charge in [0.15, 0.2) is 5.65 Å². The molecule has 194 valence electrons. The molecule has 0 saturated heterocycles. The summed E-state index contributed by atoms with van der Waals surface area (Å²) in [6.45, 7) is 10.3. The van der Waals surface area contributed by atoms with Crippen molar-refractivity contribution >= 4 is 45.8 Å². The Bertz CT molecular complexity index is 1610. The molecule has 0 bridgehead atoms. The number of hydrogen-bond acceptors (Lipinski definition) is 7. The number of nitrogens with zero attached hydrogens (tertiary/aromatic N) is 4. The van der Waals surface area contributed by atoms with Gasteiger partial charge in [0.1, 0.15) is 5.52 Å². The zero-order valence-electron chi connectivity index (χ0n) is 21.4. The van der Waals surface area contributed by atoms with Gasteiger partial charge in [-0.15, -0.1) is 16.8 Å². The Morgan fingerprint density at radius 2 is 2.03 bits per heavy atom. The number of esters is 1. The molecule has 2 amide bonds. The lowest BCUT2D eigenvalue weighted by molar-refractivity contribution is -0.139. The number of urea groups is 1. The number of hydrogen-bond donors (Lipinski definition) is 2. The van der Waals surface area contributed by atoms with Gasteiger partial charge in [-0.25, -0.2) is 14.6 Å². The summed E-state index contributed by atoms with van der Waals surface area (Å²) in [5, 5.41) is 15.9. The number of benzene rings is 2. The summed E-state index contributed by atoms with van der Waals surface area (Å²) in [5.41, 5.74) is 6.07. The highest BCUT2D eigenvalue weighted by Crippen LogP contribution is 2.33. The Morgan fingerprint density at radius 1 is 1.21 bits per heavy atom. The number of thioether (sulfide) groups is 1. The number of fused-ring (bicyclic) bond motifs is 3. The van der Waals surface area contributed by atoms with Crippen molar-refractivity contribution in [3.05, 3.63) is 83.1 Å². The fraction of sp³-hybridized carbons (Fsp3) is 0.250. The second-order valence-corrected chi connectivity index (χ2v) is 9.92. The maximum absolute atomic E-state index is 13.2. The predicted octanol–water partition coefficient (Wildman–Crippen LogP) is 4.75. The Hall–Kier alpha value is -4.18. The number of amides is 2. The van der Waals surface area contributed by atoms with E-state index < -0.39 is 12.0 Å². The molecule has 38 heavy (non-hydrogen) atoms. The van der Waals surface area contributed by atoms with E-state index in [1.807, 2.05) is 67.0 Å². The summed E-state index contributed by atoms with van der Waals surface area (Å²) in [6, 6.07) is 12.9. The number of ether oxygens (including phenoxy) is 1. The van der Waals surface area contributed by atoms with Crippen LogP contribution in [-0.2, 0) is 16.1 Å². The number of aromatic nitrogens is 4. The highest BCUT2D eigenvalue weighted by Gasteiger charge is 2.34. The van der Waals surface area contributed by atoms with E-state index in [0.29, 0.717) is 34.1 Å². The first kappa shape index (κ1) is 25.5. The van der Waals surface area contributed by atoms with Crippen LogP contribution >= 0.6 is 11.8 Å². The number of rotatable bonds is 8. The van der Waals surface area contributed by atoms with Crippen LogP contribution in [0.3, 0.4) is 0 Å².